The van der Waals surface area contributed by atoms with Crippen LogP contribution in [0.15, 0.2) is 30.3 Å². The number of para-hydroxylation sites is 1. The molecule has 0 N–H and O–H groups in total. The number of carbonyl (C=O) groups is 2. The average molecular weight is 279 g/mol. The van der Waals surface area contributed by atoms with E-state index in [1.165, 1.54) is 7.11 Å². The molecule has 0 heterocycles. The number of hydrogen-bond acceptors (Lipinski definition) is 4. The normalized spacial score (nSPS) is 9.90. The Balaban J connectivity index is 2.30. The smallest absolute Gasteiger partial charge is 0.307 e. The molecule has 0 radical (unpaired) electrons. The van der Waals surface area contributed by atoms with Crippen LogP contribution in [-0.2, 0) is 14.3 Å². The summed E-state index contributed by atoms with van der Waals surface area (Å²) in [5, 5.41) is 0. The summed E-state index contributed by atoms with van der Waals surface area (Å²) in [5.74, 6) is 0.419. The summed E-state index contributed by atoms with van der Waals surface area (Å²) in [6.07, 6.45) is 0.513. The summed E-state index contributed by atoms with van der Waals surface area (Å²) in [6, 6.07) is 9.36. The van der Waals surface area contributed by atoms with E-state index in [0.29, 0.717) is 26.1 Å². The van der Waals surface area contributed by atoms with Gasteiger partial charge in [-0.2, -0.15) is 0 Å². The molecule has 0 spiro atoms. The fraction of sp³-hybridized carbons (Fsp3) is 0.467. The fourth-order valence-electron chi connectivity index (χ4n) is 1.72. The Kier molecular flexibility index (Phi) is 7.17. The number of esters is 1. The van der Waals surface area contributed by atoms with Gasteiger partial charge in [0.05, 0.1) is 26.6 Å². The molecule has 0 aliphatic carbocycles. The lowest BCUT2D eigenvalue weighted by atomic mass is 10.3. The molecule has 0 bridgehead atoms. The van der Waals surface area contributed by atoms with Crippen LogP contribution in [0.5, 0.6) is 5.75 Å². The molecular weight excluding hydrogens is 258 g/mol. The van der Waals surface area contributed by atoms with E-state index in [-0.39, 0.29) is 18.3 Å². The van der Waals surface area contributed by atoms with Gasteiger partial charge in [0.1, 0.15) is 5.75 Å². The molecule has 20 heavy (non-hydrogen) atoms. The summed E-state index contributed by atoms with van der Waals surface area (Å²) >= 11 is 0. The first-order valence-electron chi connectivity index (χ1n) is 6.69. The van der Waals surface area contributed by atoms with E-state index in [1.54, 1.807) is 4.90 Å². The Morgan fingerprint density at radius 2 is 1.85 bits per heavy atom. The van der Waals surface area contributed by atoms with Gasteiger partial charge < -0.3 is 14.4 Å². The number of methoxy groups -OCH3 is 1. The minimum absolute atomic E-state index is 0.0210. The largest absolute Gasteiger partial charge is 0.493 e. The van der Waals surface area contributed by atoms with E-state index < -0.39 is 0 Å². The van der Waals surface area contributed by atoms with Gasteiger partial charge in [-0.1, -0.05) is 18.2 Å². The molecule has 0 fully saturated rings. The van der Waals surface area contributed by atoms with E-state index >= 15 is 0 Å². The Hall–Kier alpha value is -2.04. The second-order valence-corrected chi connectivity index (χ2v) is 4.21. The minimum Gasteiger partial charge on any atom is -0.493 e. The van der Waals surface area contributed by atoms with Crippen LogP contribution in [0.25, 0.3) is 0 Å². The van der Waals surface area contributed by atoms with Crippen LogP contribution in [0.2, 0.25) is 0 Å². The van der Waals surface area contributed by atoms with Crippen molar-refractivity contribution < 1.29 is 19.1 Å². The van der Waals surface area contributed by atoms with Crippen LogP contribution < -0.4 is 4.74 Å². The molecule has 5 nitrogen and oxygen atoms in total. The fourth-order valence-corrected chi connectivity index (χ4v) is 1.72. The number of ether oxygens (including phenoxy) is 2. The van der Waals surface area contributed by atoms with Crippen LogP contribution in [0.1, 0.15) is 19.8 Å². The van der Waals surface area contributed by atoms with Crippen molar-refractivity contribution in [1.82, 2.24) is 4.90 Å². The standard InChI is InChI=1S/C15H21NO4/c1-3-16(11-9-15(18)19-2)14(17)10-12-20-13-7-5-4-6-8-13/h4-8H,3,9-12H2,1-2H3. The monoisotopic (exact) mass is 279 g/mol. The number of amides is 1. The first-order valence-corrected chi connectivity index (χ1v) is 6.69. The molecule has 5 heteroatoms. The van der Waals surface area contributed by atoms with Crippen LogP contribution in [0.4, 0.5) is 0 Å². The lowest BCUT2D eigenvalue weighted by molar-refractivity contribution is -0.141. The summed E-state index contributed by atoms with van der Waals surface area (Å²) in [5.41, 5.74) is 0. The Bertz CT molecular complexity index is 419. The van der Waals surface area contributed by atoms with E-state index in [1.807, 2.05) is 37.3 Å². The van der Waals surface area contributed by atoms with Crippen LogP contribution in [0.3, 0.4) is 0 Å². The predicted octanol–water partition coefficient (Wildman–Crippen LogP) is 1.87. The van der Waals surface area contributed by atoms with Crippen molar-refractivity contribution in [2.45, 2.75) is 19.8 Å². The lowest BCUT2D eigenvalue weighted by Crippen LogP contribution is -2.33. The van der Waals surface area contributed by atoms with Gasteiger partial charge in [0.2, 0.25) is 5.91 Å². The van der Waals surface area contributed by atoms with Gasteiger partial charge >= 0.3 is 5.97 Å². The molecule has 1 aromatic carbocycles. The molecule has 1 amide bonds. The molecule has 0 aliphatic rings. The van der Waals surface area contributed by atoms with E-state index in [4.69, 9.17) is 4.74 Å². The van der Waals surface area contributed by atoms with Gasteiger partial charge in [-0.05, 0) is 19.1 Å². The van der Waals surface area contributed by atoms with Gasteiger partial charge in [-0.25, -0.2) is 0 Å². The van der Waals surface area contributed by atoms with Crippen LogP contribution >= 0.6 is 0 Å². The highest BCUT2D eigenvalue weighted by atomic mass is 16.5. The van der Waals surface area contributed by atoms with Crippen molar-refractivity contribution in [1.29, 1.82) is 0 Å². The number of rotatable bonds is 8. The van der Waals surface area contributed by atoms with Crippen molar-refractivity contribution in [3.8, 4) is 5.75 Å². The molecule has 0 aromatic heterocycles. The van der Waals surface area contributed by atoms with Gasteiger partial charge in [0.15, 0.2) is 0 Å². The summed E-state index contributed by atoms with van der Waals surface area (Å²) in [7, 11) is 1.34. The number of hydrogen-bond donors (Lipinski definition) is 0. The first kappa shape index (κ1) is 16.0. The third-order valence-electron chi connectivity index (χ3n) is 2.88. The van der Waals surface area contributed by atoms with Crippen molar-refractivity contribution >= 4 is 11.9 Å². The van der Waals surface area contributed by atoms with E-state index in [9.17, 15) is 9.59 Å². The maximum absolute atomic E-state index is 12.0. The first-order chi connectivity index (χ1) is 9.67. The van der Waals surface area contributed by atoms with Gasteiger partial charge in [0.25, 0.3) is 0 Å². The molecule has 0 aliphatic heterocycles. The molecule has 0 saturated carbocycles. The van der Waals surface area contributed by atoms with Gasteiger partial charge in [-0.15, -0.1) is 0 Å². The van der Waals surface area contributed by atoms with E-state index in [0.717, 1.165) is 5.75 Å². The van der Waals surface area contributed by atoms with Crippen LogP contribution in [-0.4, -0.2) is 43.6 Å². The molecule has 0 unspecified atom stereocenters. The maximum Gasteiger partial charge on any atom is 0.307 e. The second kappa shape index (κ2) is 8.96. The lowest BCUT2D eigenvalue weighted by Gasteiger charge is -2.20. The SMILES string of the molecule is CCN(CCC(=O)OC)C(=O)CCOc1ccccc1. The molecule has 1 rings (SSSR count). The maximum atomic E-state index is 12.0. The third kappa shape index (κ3) is 5.73. The van der Waals surface area contributed by atoms with Crippen molar-refractivity contribution in [2.75, 3.05) is 26.8 Å². The second-order valence-electron chi connectivity index (χ2n) is 4.21. The highest BCUT2D eigenvalue weighted by molar-refractivity contribution is 5.77. The topological polar surface area (TPSA) is 55.8 Å². The zero-order valence-electron chi connectivity index (χ0n) is 12.0. The predicted molar refractivity (Wildman–Crippen MR) is 75.4 cm³/mol. The molecule has 0 saturated heterocycles. The summed E-state index contributed by atoms with van der Waals surface area (Å²) in [4.78, 5) is 24.7. The third-order valence-corrected chi connectivity index (χ3v) is 2.88. The average Bonchev–Trinajstić information content (AvgIpc) is 2.48. The number of nitrogens with zero attached hydrogens (tertiary/aromatic N) is 1. The van der Waals surface area contributed by atoms with Crippen molar-refractivity contribution in [2.24, 2.45) is 0 Å². The molecular formula is C15H21NO4. The van der Waals surface area contributed by atoms with E-state index in [2.05, 4.69) is 4.74 Å². The Morgan fingerprint density at radius 1 is 1.15 bits per heavy atom. The van der Waals surface area contributed by atoms with Crippen molar-refractivity contribution in [3.05, 3.63) is 30.3 Å². The molecule has 110 valence electrons. The minimum atomic E-state index is -0.309. The van der Waals surface area contributed by atoms with Crippen LogP contribution in [0, 0.1) is 0 Å². The molecule has 0 atom stereocenters. The summed E-state index contributed by atoms with van der Waals surface area (Å²) < 4.78 is 10.0. The zero-order chi connectivity index (χ0) is 14.8. The zero-order valence-corrected chi connectivity index (χ0v) is 12.0. The highest BCUT2D eigenvalue weighted by Gasteiger charge is 2.13. The molecule has 1 aromatic rings. The highest BCUT2D eigenvalue weighted by Crippen LogP contribution is 2.08. The van der Waals surface area contributed by atoms with Crippen molar-refractivity contribution in [3.63, 3.8) is 0 Å². The number of carbonyl (C=O) groups excluding carboxylic acids is 2. The Labute approximate surface area is 119 Å². The number of benzene rings is 1. The quantitative estimate of drug-likeness (QED) is 0.682. The van der Waals surface area contributed by atoms with Gasteiger partial charge in [0, 0.05) is 13.1 Å². The van der Waals surface area contributed by atoms with Gasteiger partial charge in [-0.3, -0.25) is 9.59 Å². The Morgan fingerprint density at radius 3 is 2.45 bits per heavy atom. The summed E-state index contributed by atoms with van der Waals surface area (Å²) in [6.45, 7) is 3.17.